The number of carbonyl (C=O) groups is 1. The summed E-state index contributed by atoms with van der Waals surface area (Å²) >= 11 is 1.32. The summed E-state index contributed by atoms with van der Waals surface area (Å²) in [5.41, 5.74) is 1.04. The van der Waals surface area contributed by atoms with Gasteiger partial charge in [-0.2, -0.15) is 0 Å². The maximum Gasteiger partial charge on any atom is 0.279 e. The summed E-state index contributed by atoms with van der Waals surface area (Å²) in [6, 6.07) is 0.211. The van der Waals surface area contributed by atoms with Gasteiger partial charge in [-0.15, -0.1) is 0 Å². The van der Waals surface area contributed by atoms with Gasteiger partial charge in [-0.25, -0.2) is 0 Å². The Kier molecular flexibility index (Phi) is 1.81. The third-order valence-corrected chi connectivity index (χ3v) is 2.15. The summed E-state index contributed by atoms with van der Waals surface area (Å²) in [6.07, 6.45) is 0. The molecule has 50 valence electrons. The molecular weight excluding hydrogens is 134 g/mol. The fraction of sp³-hybridized carbons (Fsp3) is 0.500. The minimum Gasteiger partial charge on any atom is -0.340 e. The Balaban J connectivity index is 2.48. The molecule has 0 bridgehead atoms. The summed E-state index contributed by atoms with van der Waals surface area (Å²) in [4.78, 5) is 10.6. The second-order valence-electron chi connectivity index (χ2n) is 2.14. The van der Waals surface area contributed by atoms with Crippen LogP contribution >= 0.6 is 11.8 Å². The third-order valence-electron chi connectivity index (χ3n) is 1.27. The van der Waals surface area contributed by atoms with E-state index in [0.717, 1.165) is 11.3 Å². The van der Waals surface area contributed by atoms with Gasteiger partial charge in [-0.3, -0.25) is 4.79 Å². The van der Waals surface area contributed by atoms with Crippen LogP contribution in [0, 0.1) is 0 Å². The predicted molar refractivity (Wildman–Crippen MR) is 39.6 cm³/mol. The van der Waals surface area contributed by atoms with Crippen molar-refractivity contribution in [1.82, 2.24) is 5.32 Å². The van der Waals surface area contributed by atoms with Crippen molar-refractivity contribution in [3.05, 3.63) is 12.2 Å². The van der Waals surface area contributed by atoms with Crippen molar-refractivity contribution in [2.45, 2.75) is 13.0 Å². The van der Waals surface area contributed by atoms with Gasteiger partial charge in [0.2, 0.25) is 0 Å². The molecule has 1 saturated heterocycles. The first-order valence-electron chi connectivity index (χ1n) is 2.79. The van der Waals surface area contributed by atoms with Crippen molar-refractivity contribution in [2.24, 2.45) is 0 Å². The SMILES string of the molecule is C=C(C)C1CSC(=O)N1. The van der Waals surface area contributed by atoms with Crippen LogP contribution in [0.3, 0.4) is 0 Å². The second-order valence-corrected chi connectivity index (χ2v) is 3.13. The highest BCUT2D eigenvalue weighted by molar-refractivity contribution is 8.14. The van der Waals surface area contributed by atoms with Crippen LogP contribution in [0.1, 0.15) is 6.92 Å². The molecule has 0 spiro atoms. The van der Waals surface area contributed by atoms with Gasteiger partial charge in [0.05, 0.1) is 6.04 Å². The van der Waals surface area contributed by atoms with Gasteiger partial charge in [0.25, 0.3) is 5.24 Å². The van der Waals surface area contributed by atoms with Crippen molar-refractivity contribution in [3.63, 3.8) is 0 Å². The molecular formula is C6H9NOS. The van der Waals surface area contributed by atoms with E-state index in [1.807, 2.05) is 6.92 Å². The molecule has 1 atom stereocenters. The van der Waals surface area contributed by atoms with Crippen LogP contribution in [0.4, 0.5) is 4.79 Å². The van der Waals surface area contributed by atoms with E-state index in [9.17, 15) is 4.79 Å². The average Bonchev–Trinajstić information content (AvgIpc) is 2.14. The Morgan fingerprint density at radius 2 is 2.67 bits per heavy atom. The molecule has 1 fully saturated rings. The maximum absolute atomic E-state index is 10.6. The van der Waals surface area contributed by atoms with E-state index in [1.54, 1.807) is 0 Å². The van der Waals surface area contributed by atoms with Crippen LogP contribution in [0.15, 0.2) is 12.2 Å². The van der Waals surface area contributed by atoms with E-state index >= 15 is 0 Å². The van der Waals surface area contributed by atoms with Crippen LogP contribution < -0.4 is 5.32 Å². The van der Waals surface area contributed by atoms with Crippen LogP contribution in [0.25, 0.3) is 0 Å². The lowest BCUT2D eigenvalue weighted by Gasteiger charge is -2.05. The lowest BCUT2D eigenvalue weighted by molar-refractivity contribution is 0.261. The van der Waals surface area contributed by atoms with Gasteiger partial charge in [0.1, 0.15) is 0 Å². The molecule has 9 heavy (non-hydrogen) atoms. The molecule has 2 nitrogen and oxygen atoms in total. The monoisotopic (exact) mass is 143 g/mol. The summed E-state index contributed by atoms with van der Waals surface area (Å²) in [7, 11) is 0. The number of hydrogen-bond donors (Lipinski definition) is 1. The van der Waals surface area contributed by atoms with Crippen molar-refractivity contribution >= 4 is 17.0 Å². The minimum absolute atomic E-state index is 0.0722. The van der Waals surface area contributed by atoms with E-state index in [-0.39, 0.29) is 11.3 Å². The molecule has 3 heteroatoms. The van der Waals surface area contributed by atoms with Crippen molar-refractivity contribution in [2.75, 3.05) is 5.75 Å². The van der Waals surface area contributed by atoms with E-state index in [4.69, 9.17) is 0 Å². The third kappa shape index (κ3) is 1.48. The average molecular weight is 143 g/mol. The second kappa shape index (κ2) is 2.43. The summed E-state index contributed by atoms with van der Waals surface area (Å²) in [5, 5.41) is 2.85. The number of carbonyl (C=O) groups excluding carboxylic acids is 1. The van der Waals surface area contributed by atoms with Gasteiger partial charge < -0.3 is 5.32 Å². The largest absolute Gasteiger partial charge is 0.340 e. The zero-order valence-electron chi connectivity index (χ0n) is 5.31. The Hall–Kier alpha value is -0.440. The molecule has 0 aromatic heterocycles. The van der Waals surface area contributed by atoms with E-state index in [1.165, 1.54) is 11.8 Å². The first-order chi connectivity index (χ1) is 4.20. The van der Waals surface area contributed by atoms with Gasteiger partial charge in [-0.05, 0) is 6.92 Å². The first kappa shape index (κ1) is 6.68. The van der Waals surface area contributed by atoms with Crippen molar-refractivity contribution in [3.8, 4) is 0 Å². The summed E-state index contributed by atoms with van der Waals surface area (Å²) in [6.45, 7) is 5.67. The molecule has 0 radical (unpaired) electrons. The van der Waals surface area contributed by atoms with E-state index in [0.29, 0.717) is 0 Å². The highest BCUT2D eigenvalue weighted by Gasteiger charge is 2.21. The summed E-state index contributed by atoms with van der Waals surface area (Å²) in [5.74, 6) is 0.841. The molecule has 1 heterocycles. The van der Waals surface area contributed by atoms with Gasteiger partial charge in [0.15, 0.2) is 0 Å². The van der Waals surface area contributed by atoms with Gasteiger partial charge in [0, 0.05) is 5.75 Å². The molecule has 0 aromatic rings. The molecule has 1 N–H and O–H groups in total. The minimum atomic E-state index is 0.0722. The van der Waals surface area contributed by atoms with Crippen LogP contribution in [0.2, 0.25) is 0 Å². The number of amides is 1. The standard InChI is InChI=1S/C6H9NOS/c1-4(2)5-3-9-6(8)7-5/h5H,1,3H2,2H3,(H,7,8). The smallest absolute Gasteiger partial charge is 0.279 e. The zero-order chi connectivity index (χ0) is 6.85. The first-order valence-corrected chi connectivity index (χ1v) is 3.77. The zero-order valence-corrected chi connectivity index (χ0v) is 6.12. The van der Waals surface area contributed by atoms with Crippen LogP contribution in [-0.4, -0.2) is 17.0 Å². The Morgan fingerprint density at radius 1 is 2.00 bits per heavy atom. The van der Waals surface area contributed by atoms with E-state index in [2.05, 4.69) is 11.9 Å². The molecule has 0 aromatic carbocycles. The summed E-state index contributed by atoms with van der Waals surface area (Å²) < 4.78 is 0. The highest BCUT2D eigenvalue weighted by atomic mass is 32.2. The van der Waals surface area contributed by atoms with Gasteiger partial charge in [-0.1, -0.05) is 23.9 Å². The fourth-order valence-corrected chi connectivity index (χ4v) is 1.56. The molecule has 1 rings (SSSR count). The molecule has 1 aliphatic rings. The molecule has 1 unspecified atom stereocenters. The van der Waals surface area contributed by atoms with Crippen molar-refractivity contribution < 1.29 is 4.79 Å². The lowest BCUT2D eigenvalue weighted by Crippen LogP contribution is -2.26. The van der Waals surface area contributed by atoms with Gasteiger partial charge >= 0.3 is 0 Å². The molecule has 0 saturated carbocycles. The highest BCUT2D eigenvalue weighted by Crippen LogP contribution is 2.16. The van der Waals surface area contributed by atoms with Crippen LogP contribution in [0.5, 0.6) is 0 Å². The normalized spacial score (nSPS) is 25.9. The number of thioether (sulfide) groups is 1. The number of rotatable bonds is 1. The number of hydrogen-bond acceptors (Lipinski definition) is 2. The Bertz CT molecular complexity index is 155. The topological polar surface area (TPSA) is 29.1 Å². The molecule has 1 amide bonds. The molecule has 1 aliphatic heterocycles. The van der Waals surface area contributed by atoms with Crippen molar-refractivity contribution in [1.29, 1.82) is 0 Å². The van der Waals surface area contributed by atoms with E-state index < -0.39 is 0 Å². The predicted octanol–water partition coefficient (Wildman–Crippen LogP) is 1.39. The fourth-order valence-electron chi connectivity index (χ4n) is 0.650. The molecule has 0 aliphatic carbocycles. The Morgan fingerprint density at radius 3 is 2.89 bits per heavy atom. The van der Waals surface area contributed by atoms with Crippen LogP contribution in [-0.2, 0) is 0 Å². The number of nitrogens with one attached hydrogen (secondary N) is 1. The maximum atomic E-state index is 10.6. The Labute approximate surface area is 58.7 Å². The quantitative estimate of drug-likeness (QED) is 0.562. The lowest BCUT2D eigenvalue weighted by atomic mass is 10.2.